The van der Waals surface area contributed by atoms with Gasteiger partial charge in [0.05, 0.1) is 33.4 Å². The number of benzene rings is 1. The van der Waals surface area contributed by atoms with Gasteiger partial charge in [-0.05, 0) is 6.07 Å². The maximum absolute atomic E-state index is 10.5. The first-order valence-electron chi connectivity index (χ1n) is 4.71. The number of aromatic nitrogens is 1. The van der Waals surface area contributed by atoms with E-state index < -0.39 is 4.92 Å². The standard InChI is InChI=1S/C10H8ClN3O2S/c11-9-3-8(14(15)16)1-2-10(9)12-4-7-5-17-6-13-7/h1-3,5-6,12H,4H2. The van der Waals surface area contributed by atoms with Crippen LogP contribution in [0.2, 0.25) is 5.02 Å². The molecule has 17 heavy (non-hydrogen) atoms. The van der Waals surface area contributed by atoms with Crippen LogP contribution in [0.25, 0.3) is 0 Å². The second kappa shape index (κ2) is 5.11. The predicted octanol–water partition coefficient (Wildman–Crippen LogP) is 3.32. The highest BCUT2D eigenvalue weighted by Gasteiger charge is 2.09. The average molecular weight is 270 g/mol. The van der Waals surface area contributed by atoms with Crippen molar-refractivity contribution in [2.45, 2.75) is 6.54 Å². The molecule has 1 heterocycles. The molecular formula is C10H8ClN3O2S. The summed E-state index contributed by atoms with van der Waals surface area (Å²) in [5, 5.41) is 15.8. The summed E-state index contributed by atoms with van der Waals surface area (Å²) < 4.78 is 0. The molecule has 0 bridgehead atoms. The summed E-state index contributed by atoms with van der Waals surface area (Å²) in [6.07, 6.45) is 0. The van der Waals surface area contributed by atoms with Gasteiger partial charge in [0.1, 0.15) is 0 Å². The largest absolute Gasteiger partial charge is 0.378 e. The van der Waals surface area contributed by atoms with E-state index in [-0.39, 0.29) is 5.69 Å². The fraction of sp³-hybridized carbons (Fsp3) is 0.100. The lowest BCUT2D eigenvalue weighted by molar-refractivity contribution is -0.384. The van der Waals surface area contributed by atoms with Crippen LogP contribution in [0.3, 0.4) is 0 Å². The predicted molar refractivity (Wildman–Crippen MR) is 67.5 cm³/mol. The van der Waals surface area contributed by atoms with E-state index in [1.807, 2.05) is 5.38 Å². The first-order valence-corrected chi connectivity index (χ1v) is 6.04. The van der Waals surface area contributed by atoms with E-state index >= 15 is 0 Å². The van der Waals surface area contributed by atoms with Gasteiger partial charge in [0.25, 0.3) is 5.69 Å². The van der Waals surface area contributed by atoms with Gasteiger partial charge in [0.2, 0.25) is 0 Å². The van der Waals surface area contributed by atoms with Crippen LogP contribution in [0.1, 0.15) is 5.69 Å². The fourth-order valence-corrected chi connectivity index (χ4v) is 2.07. The van der Waals surface area contributed by atoms with Gasteiger partial charge in [-0.15, -0.1) is 11.3 Å². The van der Waals surface area contributed by atoms with Crippen molar-refractivity contribution >= 4 is 34.3 Å². The van der Waals surface area contributed by atoms with E-state index in [9.17, 15) is 10.1 Å². The molecule has 2 aromatic rings. The van der Waals surface area contributed by atoms with E-state index in [4.69, 9.17) is 11.6 Å². The molecule has 0 aliphatic carbocycles. The highest BCUT2D eigenvalue weighted by molar-refractivity contribution is 7.07. The second-order valence-electron chi connectivity index (χ2n) is 3.25. The fourth-order valence-electron chi connectivity index (χ4n) is 1.27. The molecule has 0 aliphatic rings. The van der Waals surface area contributed by atoms with Crippen LogP contribution in [0.5, 0.6) is 0 Å². The first kappa shape index (κ1) is 11.8. The van der Waals surface area contributed by atoms with Gasteiger partial charge in [0.15, 0.2) is 0 Å². The molecule has 0 spiro atoms. The van der Waals surface area contributed by atoms with Gasteiger partial charge in [-0.3, -0.25) is 10.1 Å². The Bertz CT molecular complexity index is 530. The maximum atomic E-state index is 10.5. The maximum Gasteiger partial charge on any atom is 0.271 e. The van der Waals surface area contributed by atoms with Crippen molar-refractivity contribution in [3.8, 4) is 0 Å². The van der Waals surface area contributed by atoms with Crippen molar-refractivity contribution in [3.63, 3.8) is 0 Å². The molecule has 2 rings (SSSR count). The van der Waals surface area contributed by atoms with Crippen LogP contribution in [-0.2, 0) is 6.54 Å². The van der Waals surface area contributed by atoms with Crippen LogP contribution >= 0.6 is 22.9 Å². The Kier molecular flexibility index (Phi) is 3.55. The van der Waals surface area contributed by atoms with Crippen LogP contribution in [0.4, 0.5) is 11.4 Å². The number of rotatable bonds is 4. The van der Waals surface area contributed by atoms with Crippen LogP contribution in [0, 0.1) is 10.1 Å². The summed E-state index contributed by atoms with van der Waals surface area (Å²) in [6.45, 7) is 0.543. The summed E-state index contributed by atoms with van der Waals surface area (Å²) in [6, 6.07) is 4.33. The zero-order valence-electron chi connectivity index (χ0n) is 8.59. The number of nitro benzene ring substituents is 1. The van der Waals surface area contributed by atoms with E-state index in [1.54, 1.807) is 11.6 Å². The summed E-state index contributed by atoms with van der Waals surface area (Å²) in [4.78, 5) is 14.2. The Morgan fingerprint density at radius 1 is 1.53 bits per heavy atom. The van der Waals surface area contributed by atoms with Gasteiger partial charge < -0.3 is 5.32 Å². The molecule has 88 valence electrons. The number of nitro groups is 1. The molecule has 1 aromatic heterocycles. The summed E-state index contributed by atoms with van der Waals surface area (Å²) in [5.41, 5.74) is 3.29. The molecule has 0 atom stereocenters. The van der Waals surface area contributed by atoms with Gasteiger partial charge in [-0.25, -0.2) is 4.98 Å². The zero-order valence-corrected chi connectivity index (χ0v) is 10.2. The van der Waals surface area contributed by atoms with Gasteiger partial charge in [-0.1, -0.05) is 11.6 Å². The number of anilines is 1. The SMILES string of the molecule is O=[N+]([O-])c1ccc(NCc2cscn2)c(Cl)c1. The summed E-state index contributed by atoms with van der Waals surface area (Å²) in [7, 11) is 0. The molecule has 5 nitrogen and oxygen atoms in total. The van der Waals surface area contributed by atoms with Gasteiger partial charge in [-0.2, -0.15) is 0 Å². The average Bonchev–Trinajstić information content (AvgIpc) is 2.80. The number of halogens is 1. The molecule has 0 radical (unpaired) electrons. The third kappa shape index (κ3) is 2.92. The van der Waals surface area contributed by atoms with E-state index in [0.29, 0.717) is 17.3 Å². The van der Waals surface area contributed by atoms with Crippen molar-refractivity contribution in [2.75, 3.05) is 5.32 Å². The molecule has 0 saturated heterocycles. The quantitative estimate of drug-likeness (QED) is 0.683. The Morgan fingerprint density at radius 2 is 2.35 bits per heavy atom. The van der Waals surface area contributed by atoms with Crippen molar-refractivity contribution in [2.24, 2.45) is 0 Å². The van der Waals surface area contributed by atoms with E-state index in [0.717, 1.165) is 5.69 Å². The Labute approximate surface area is 106 Å². The minimum Gasteiger partial charge on any atom is -0.378 e. The normalized spacial score (nSPS) is 10.2. The van der Waals surface area contributed by atoms with Crippen molar-refractivity contribution in [1.29, 1.82) is 0 Å². The molecule has 0 amide bonds. The molecular weight excluding hydrogens is 262 g/mol. The molecule has 0 fully saturated rings. The molecule has 0 unspecified atom stereocenters. The monoisotopic (exact) mass is 269 g/mol. The second-order valence-corrected chi connectivity index (χ2v) is 4.38. The number of nitrogens with zero attached hydrogens (tertiary/aromatic N) is 2. The number of hydrogen-bond acceptors (Lipinski definition) is 5. The summed E-state index contributed by atoms with van der Waals surface area (Å²) in [5.74, 6) is 0. The lowest BCUT2D eigenvalue weighted by Gasteiger charge is -2.06. The highest BCUT2D eigenvalue weighted by atomic mass is 35.5. The molecule has 1 aromatic carbocycles. The van der Waals surface area contributed by atoms with Crippen molar-refractivity contribution in [1.82, 2.24) is 4.98 Å². The highest BCUT2D eigenvalue weighted by Crippen LogP contribution is 2.26. The third-order valence-electron chi connectivity index (χ3n) is 2.11. The molecule has 0 aliphatic heterocycles. The number of hydrogen-bond donors (Lipinski definition) is 1. The Hall–Kier alpha value is -1.66. The smallest absolute Gasteiger partial charge is 0.271 e. The number of thiazole rings is 1. The number of nitrogens with one attached hydrogen (secondary N) is 1. The van der Waals surface area contributed by atoms with Crippen LogP contribution in [0.15, 0.2) is 29.1 Å². The van der Waals surface area contributed by atoms with E-state index in [2.05, 4.69) is 10.3 Å². The van der Waals surface area contributed by atoms with Crippen molar-refractivity contribution in [3.05, 3.63) is 49.9 Å². The van der Waals surface area contributed by atoms with E-state index in [1.165, 1.54) is 23.5 Å². The van der Waals surface area contributed by atoms with Crippen LogP contribution < -0.4 is 5.32 Å². The van der Waals surface area contributed by atoms with Crippen LogP contribution in [-0.4, -0.2) is 9.91 Å². The van der Waals surface area contributed by atoms with Gasteiger partial charge >= 0.3 is 0 Å². The van der Waals surface area contributed by atoms with Gasteiger partial charge in [0, 0.05) is 17.5 Å². The lowest BCUT2D eigenvalue weighted by atomic mass is 10.3. The Balaban J connectivity index is 2.09. The minimum absolute atomic E-state index is 0.0193. The zero-order chi connectivity index (χ0) is 12.3. The summed E-state index contributed by atoms with van der Waals surface area (Å²) >= 11 is 7.44. The topological polar surface area (TPSA) is 68.1 Å². The molecule has 0 saturated carbocycles. The first-order chi connectivity index (χ1) is 8.16. The third-order valence-corrected chi connectivity index (χ3v) is 3.05. The van der Waals surface area contributed by atoms with Crippen molar-refractivity contribution < 1.29 is 4.92 Å². The minimum atomic E-state index is -0.476. The Morgan fingerprint density at radius 3 is 2.94 bits per heavy atom. The molecule has 7 heteroatoms. The lowest BCUT2D eigenvalue weighted by Crippen LogP contribution is -2.00. The number of non-ortho nitro benzene ring substituents is 1. The molecule has 1 N–H and O–H groups in total.